The van der Waals surface area contributed by atoms with Crippen molar-refractivity contribution in [2.24, 2.45) is 11.8 Å². The van der Waals surface area contributed by atoms with E-state index < -0.39 is 0 Å². The predicted octanol–water partition coefficient (Wildman–Crippen LogP) is 3.57. The minimum Gasteiger partial charge on any atom is -0.382 e. The molecule has 3 atom stereocenters. The lowest BCUT2D eigenvalue weighted by molar-refractivity contribution is 0.439. The SMILES string of the molecule is Nc1nc(NC2CC3CCC2C3)c(Cl)cc1Cl. The van der Waals surface area contributed by atoms with Gasteiger partial charge in [0.05, 0.1) is 10.0 Å². The van der Waals surface area contributed by atoms with Gasteiger partial charge >= 0.3 is 0 Å². The van der Waals surface area contributed by atoms with Crippen molar-refractivity contribution in [3.05, 3.63) is 16.1 Å². The molecule has 0 aromatic carbocycles. The Labute approximate surface area is 111 Å². The van der Waals surface area contributed by atoms with Crippen LogP contribution in [-0.2, 0) is 0 Å². The van der Waals surface area contributed by atoms with Gasteiger partial charge in [-0.05, 0) is 37.2 Å². The molecule has 0 saturated heterocycles. The molecule has 3 unspecified atom stereocenters. The van der Waals surface area contributed by atoms with E-state index in [1.165, 1.54) is 25.7 Å². The second-order valence-corrected chi connectivity index (χ2v) is 5.93. The molecule has 1 aromatic rings. The van der Waals surface area contributed by atoms with Gasteiger partial charge in [-0.2, -0.15) is 0 Å². The number of anilines is 2. The van der Waals surface area contributed by atoms with Crippen LogP contribution in [0.5, 0.6) is 0 Å². The summed E-state index contributed by atoms with van der Waals surface area (Å²) in [5.41, 5.74) is 5.70. The molecule has 1 aromatic heterocycles. The van der Waals surface area contributed by atoms with E-state index in [-0.39, 0.29) is 0 Å². The first kappa shape index (κ1) is 11.4. The summed E-state index contributed by atoms with van der Waals surface area (Å²) in [6.45, 7) is 0. The zero-order chi connectivity index (χ0) is 12.0. The van der Waals surface area contributed by atoms with Gasteiger partial charge < -0.3 is 11.1 Å². The van der Waals surface area contributed by atoms with Crippen molar-refractivity contribution in [1.29, 1.82) is 0 Å². The van der Waals surface area contributed by atoms with Crippen molar-refractivity contribution in [1.82, 2.24) is 4.98 Å². The summed E-state index contributed by atoms with van der Waals surface area (Å²) in [7, 11) is 0. The number of pyridine rings is 1. The fourth-order valence-electron chi connectivity index (χ4n) is 3.18. The minimum absolute atomic E-state index is 0.335. The third-order valence-corrected chi connectivity index (χ3v) is 4.61. The van der Waals surface area contributed by atoms with E-state index in [0.717, 1.165) is 11.8 Å². The summed E-state index contributed by atoms with van der Waals surface area (Å²) in [5.74, 6) is 2.67. The fraction of sp³-hybridized carbons (Fsp3) is 0.583. The average Bonchev–Trinajstić information content (AvgIpc) is 2.87. The standard InChI is InChI=1S/C12H15Cl2N3/c13-8-5-9(14)12(17-11(8)15)16-10-4-6-1-2-7(10)3-6/h5-7,10H,1-4H2,(H3,15,16,17). The molecule has 2 aliphatic carbocycles. The van der Waals surface area contributed by atoms with E-state index in [0.29, 0.717) is 27.7 Å². The average molecular weight is 272 g/mol. The summed E-state index contributed by atoms with van der Waals surface area (Å²) in [4.78, 5) is 4.22. The first-order chi connectivity index (χ1) is 8.13. The van der Waals surface area contributed by atoms with Crippen LogP contribution in [0.4, 0.5) is 11.6 Å². The molecule has 17 heavy (non-hydrogen) atoms. The highest BCUT2D eigenvalue weighted by atomic mass is 35.5. The Bertz CT molecular complexity index is 450. The van der Waals surface area contributed by atoms with Crippen LogP contribution in [0.25, 0.3) is 0 Å². The van der Waals surface area contributed by atoms with E-state index in [9.17, 15) is 0 Å². The number of nitrogens with two attached hydrogens (primary N) is 1. The lowest BCUT2D eigenvalue weighted by atomic mass is 9.95. The number of halogens is 2. The van der Waals surface area contributed by atoms with Crippen molar-refractivity contribution >= 4 is 34.8 Å². The monoisotopic (exact) mass is 271 g/mol. The van der Waals surface area contributed by atoms with Crippen molar-refractivity contribution in [3.8, 4) is 0 Å². The Morgan fingerprint density at radius 1 is 1.24 bits per heavy atom. The van der Waals surface area contributed by atoms with E-state index in [1.807, 2.05) is 0 Å². The summed E-state index contributed by atoms with van der Waals surface area (Å²) in [6.07, 6.45) is 5.28. The van der Waals surface area contributed by atoms with Crippen LogP contribution in [0.15, 0.2) is 6.07 Å². The van der Waals surface area contributed by atoms with Crippen molar-refractivity contribution in [2.45, 2.75) is 31.7 Å². The summed E-state index contributed by atoms with van der Waals surface area (Å²) < 4.78 is 0. The van der Waals surface area contributed by atoms with E-state index >= 15 is 0 Å². The molecule has 2 fully saturated rings. The molecule has 0 spiro atoms. The molecule has 2 saturated carbocycles. The Balaban J connectivity index is 1.79. The number of rotatable bonds is 2. The minimum atomic E-state index is 0.335. The molecule has 92 valence electrons. The number of nitrogens with one attached hydrogen (secondary N) is 1. The van der Waals surface area contributed by atoms with Gasteiger partial charge in [0, 0.05) is 6.04 Å². The van der Waals surface area contributed by atoms with E-state index in [1.54, 1.807) is 6.07 Å². The van der Waals surface area contributed by atoms with E-state index in [2.05, 4.69) is 10.3 Å². The summed E-state index contributed by atoms with van der Waals surface area (Å²) in [5, 5.41) is 4.39. The third kappa shape index (κ3) is 2.06. The second kappa shape index (κ2) is 4.21. The summed E-state index contributed by atoms with van der Waals surface area (Å²) in [6, 6.07) is 2.15. The molecule has 0 amide bonds. The van der Waals surface area contributed by atoms with Crippen LogP contribution in [0.1, 0.15) is 25.7 Å². The van der Waals surface area contributed by atoms with Crippen molar-refractivity contribution < 1.29 is 0 Å². The highest BCUT2D eigenvalue weighted by molar-refractivity contribution is 6.37. The number of fused-ring (bicyclic) bond motifs is 2. The zero-order valence-electron chi connectivity index (χ0n) is 9.42. The molecule has 0 radical (unpaired) electrons. The van der Waals surface area contributed by atoms with Gasteiger partial charge in [-0.3, -0.25) is 0 Å². The summed E-state index contributed by atoms with van der Waals surface area (Å²) >= 11 is 12.0. The number of hydrogen-bond acceptors (Lipinski definition) is 3. The lowest BCUT2D eigenvalue weighted by Crippen LogP contribution is -2.26. The molecule has 0 aliphatic heterocycles. The Morgan fingerprint density at radius 3 is 2.71 bits per heavy atom. The maximum Gasteiger partial charge on any atom is 0.147 e. The van der Waals surface area contributed by atoms with Crippen LogP contribution in [0, 0.1) is 11.8 Å². The number of nitrogens with zero attached hydrogens (tertiary/aromatic N) is 1. The van der Waals surface area contributed by atoms with Crippen molar-refractivity contribution in [3.63, 3.8) is 0 Å². The normalized spacial score (nSPS) is 30.8. The molecule has 2 bridgehead atoms. The fourth-order valence-corrected chi connectivity index (χ4v) is 3.59. The maximum atomic E-state index is 6.12. The molecule has 3 nitrogen and oxygen atoms in total. The molecule has 5 heteroatoms. The zero-order valence-corrected chi connectivity index (χ0v) is 10.9. The lowest BCUT2D eigenvalue weighted by Gasteiger charge is -2.24. The van der Waals surface area contributed by atoms with Gasteiger partial charge in [0.1, 0.15) is 11.6 Å². The van der Waals surface area contributed by atoms with Crippen LogP contribution >= 0.6 is 23.2 Å². The highest BCUT2D eigenvalue weighted by Crippen LogP contribution is 2.46. The van der Waals surface area contributed by atoms with E-state index in [4.69, 9.17) is 28.9 Å². The smallest absolute Gasteiger partial charge is 0.147 e. The Hall–Kier alpha value is -0.670. The molecule has 3 N–H and O–H groups in total. The van der Waals surface area contributed by atoms with Gasteiger partial charge in [-0.25, -0.2) is 4.98 Å². The molecule has 1 heterocycles. The molecule has 2 aliphatic rings. The number of hydrogen-bond donors (Lipinski definition) is 2. The van der Waals surface area contributed by atoms with Crippen molar-refractivity contribution in [2.75, 3.05) is 11.1 Å². The quantitative estimate of drug-likeness (QED) is 0.865. The topological polar surface area (TPSA) is 50.9 Å². The van der Waals surface area contributed by atoms with Crippen LogP contribution in [0.2, 0.25) is 10.0 Å². The molecular weight excluding hydrogens is 257 g/mol. The van der Waals surface area contributed by atoms with Gasteiger partial charge in [0.15, 0.2) is 0 Å². The van der Waals surface area contributed by atoms with Crippen LogP contribution < -0.4 is 11.1 Å². The number of aromatic nitrogens is 1. The highest BCUT2D eigenvalue weighted by Gasteiger charge is 2.39. The van der Waals surface area contributed by atoms with Gasteiger partial charge in [-0.1, -0.05) is 29.6 Å². The Morgan fingerprint density at radius 2 is 2.06 bits per heavy atom. The largest absolute Gasteiger partial charge is 0.382 e. The second-order valence-electron chi connectivity index (χ2n) is 5.11. The first-order valence-electron chi connectivity index (χ1n) is 6.01. The Kier molecular flexibility index (Phi) is 2.83. The maximum absolute atomic E-state index is 6.12. The van der Waals surface area contributed by atoms with Crippen LogP contribution in [-0.4, -0.2) is 11.0 Å². The van der Waals surface area contributed by atoms with Crippen LogP contribution in [0.3, 0.4) is 0 Å². The first-order valence-corrected chi connectivity index (χ1v) is 6.77. The predicted molar refractivity (Wildman–Crippen MR) is 71.5 cm³/mol. The number of nitrogen functional groups attached to an aromatic ring is 1. The van der Waals surface area contributed by atoms with Gasteiger partial charge in [-0.15, -0.1) is 0 Å². The molecule has 3 rings (SSSR count). The van der Waals surface area contributed by atoms with Gasteiger partial charge in [0.2, 0.25) is 0 Å². The third-order valence-electron chi connectivity index (χ3n) is 4.02. The van der Waals surface area contributed by atoms with Gasteiger partial charge in [0.25, 0.3) is 0 Å². The molecular formula is C12H15Cl2N3.